The molecule has 19 heavy (non-hydrogen) atoms. The maximum atomic E-state index is 12.0. The molecule has 102 valence electrons. The third-order valence-corrected chi connectivity index (χ3v) is 2.18. The summed E-state index contributed by atoms with van der Waals surface area (Å²) in [5.74, 6) is -1.22. The van der Waals surface area contributed by atoms with E-state index >= 15 is 0 Å². The summed E-state index contributed by atoms with van der Waals surface area (Å²) in [5.41, 5.74) is 0.589. The van der Waals surface area contributed by atoms with Crippen molar-refractivity contribution in [3.63, 3.8) is 0 Å². The Kier molecular flexibility index (Phi) is 6.56. The van der Waals surface area contributed by atoms with Crippen molar-refractivity contribution in [1.82, 2.24) is 0 Å². The molecule has 0 spiro atoms. The summed E-state index contributed by atoms with van der Waals surface area (Å²) in [6.07, 6.45) is 4.54. The molecule has 0 unspecified atom stereocenters. The lowest BCUT2D eigenvalue weighted by Crippen LogP contribution is -2.17. The van der Waals surface area contributed by atoms with Crippen molar-refractivity contribution >= 4 is 23.6 Å². The number of anilines is 1. The van der Waals surface area contributed by atoms with Gasteiger partial charge in [0, 0.05) is 24.0 Å². The second kappa shape index (κ2) is 8.23. The van der Waals surface area contributed by atoms with Crippen LogP contribution in [0.4, 0.5) is 5.69 Å². The monoisotopic (exact) mass is 281 g/mol. The van der Waals surface area contributed by atoms with E-state index in [1.807, 2.05) is 6.07 Å². The minimum absolute atomic E-state index is 0.309. The van der Waals surface area contributed by atoms with Gasteiger partial charge < -0.3 is 15.3 Å². The van der Waals surface area contributed by atoms with Crippen LogP contribution < -0.4 is 5.32 Å². The molecule has 0 bridgehead atoms. The Morgan fingerprint density at radius 3 is 2.63 bits per heavy atom. The number of nitrogens with one attached hydrogen (secondary N) is 1. The molecule has 0 heterocycles. The first kappa shape index (κ1) is 15.1. The number of amides is 1. The number of carbonyl (C=O) groups is 1. The van der Waals surface area contributed by atoms with Gasteiger partial charge in [0.1, 0.15) is 0 Å². The number of allylic oxidation sites excluding steroid dienone is 2. The molecule has 1 aromatic carbocycles. The van der Waals surface area contributed by atoms with Gasteiger partial charge in [0.2, 0.25) is 0 Å². The highest BCUT2D eigenvalue weighted by atomic mass is 32.2. The molecule has 6 heteroatoms. The predicted octanol–water partition coefficient (Wildman–Crippen LogP) is 3.20. The van der Waals surface area contributed by atoms with Gasteiger partial charge in [0.05, 0.1) is 0 Å². The van der Waals surface area contributed by atoms with Gasteiger partial charge in [-0.05, 0) is 25.1 Å². The van der Waals surface area contributed by atoms with Gasteiger partial charge in [-0.15, -0.1) is 4.33 Å². The largest absolute Gasteiger partial charge is 0.504 e. The van der Waals surface area contributed by atoms with E-state index in [4.69, 9.17) is 4.89 Å². The van der Waals surface area contributed by atoms with Gasteiger partial charge in [0.15, 0.2) is 5.76 Å². The van der Waals surface area contributed by atoms with Gasteiger partial charge in [-0.1, -0.05) is 24.3 Å². The second-order valence-electron chi connectivity index (χ2n) is 3.35. The van der Waals surface area contributed by atoms with E-state index in [1.165, 1.54) is 6.08 Å². The van der Waals surface area contributed by atoms with Crippen LogP contribution in [0.2, 0.25) is 0 Å². The van der Waals surface area contributed by atoms with Crippen molar-refractivity contribution in [1.29, 1.82) is 0 Å². The number of hydrogen-bond acceptors (Lipinski definition) is 5. The minimum atomic E-state index is -0.601. The average Bonchev–Trinajstić information content (AvgIpc) is 2.40. The van der Waals surface area contributed by atoms with Crippen LogP contribution in [0.5, 0.6) is 0 Å². The van der Waals surface area contributed by atoms with Crippen molar-refractivity contribution < 1.29 is 19.1 Å². The molecule has 5 nitrogen and oxygen atoms in total. The number of carbonyl (C=O) groups excluding carboxylic acids is 1. The molecular weight excluding hydrogens is 266 g/mol. The van der Waals surface area contributed by atoms with Crippen molar-refractivity contribution in [2.75, 3.05) is 11.6 Å². The van der Waals surface area contributed by atoms with Gasteiger partial charge in [-0.25, -0.2) is 0 Å². The number of aliphatic hydroxyl groups is 1. The van der Waals surface area contributed by atoms with Crippen LogP contribution in [0.3, 0.4) is 0 Å². The molecule has 0 fully saturated rings. The first-order valence-corrected chi connectivity index (χ1v) is 6.63. The summed E-state index contributed by atoms with van der Waals surface area (Å²) < 4.78 is 4.63. The second-order valence-corrected chi connectivity index (χ2v) is 3.82. The maximum Gasteiger partial charge on any atom is 0.298 e. The zero-order valence-corrected chi connectivity index (χ0v) is 11.4. The number of hydrogen-bond donors (Lipinski definition) is 2. The molecule has 0 radical (unpaired) electrons. The molecule has 0 atom stereocenters. The fraction of sp³-hybridized carbons (Fsp3) is 0.154. The predicted molar refractivity (Wildman–Crippen MR) is 75.2 cm³/mol. The van der Waals surface area contributed by atoms with E-state index < -0.39 is 5.91 Å². The van der Waals surface area contributed by atoms with Gasteiger partial charge in [-0.2, -0.15) is 0 Å². The van der Waals surface area contributed by atoms with Crippen LogP contribution in [-0.4, -0.2) is 17.3 Å². The zero-order chi connectivity index (χ0) is 14.1. The fourth-order valence-electron chi connectivity index (χ4n) is 1.21. The molecule has 0 saturated heterocycles. The summed E-state index contributed by atoms with van der Waals surface area (Å²) in [4.78, 5) is 16.7. The highest BCUT2D eigenvalue weighted by Gasteiger charge is 2.18. The van der Waals surface area contributed by atoms with Gasteiger partial charge in [-0.3, -0.25) is 4.79 Å². The summed E-state index contributed by atoms with van der Waals surface area (Å²) in [6.45, 7) is 1.71. The first-order chi connectivity index (χ1) is 9.19. The Labute approximate surface area is 116 Å². The summed E-state index contributed by atoms with van der Waals surface area (Å²) in [6, 6.07) is 8.83. The van der Waals surface area contributed by atoms with Gasteiger partial charge in [0.25, 0.3) is 11.7 Å². The SMILES string of the molecule is C/C=C/C(O)=C(\OOSC)C(=O)Nc1ccccc1. The molecule has 1 rings (SSSR count). The standard InChI is InChI=1S/C13H15NO4S/c1-3-7-11(15)12(17-18-19-2)13(16)14-10-8-5-4-6-9-10/h3-9,15H,1-2H3,(H,14,16)/b7-3+,12-11+. The lowest BCUT2D eigenvalue weighted by atomic mass is 10.3. The molecule has 0 saturated carbocycles. The maximum absolute atomic E-state index is 12.0. The highest BCUT2D eigenvalue weighted by Crippen LogP contribution is 2.13. The molecule has 0 aromatic heterocycles. The van der Waals surface area contributed by atoms with Crippen LogP contribution in [0.25, 0.3) is 0 Å². The van der Waals surface area contributed by atoms with Crippen molar-refractivity contribution in [2.24, 2.45) is 0 Å². The Morgan fingerprint density at radius 1 is 1.37 bits per heavy atom. The number of para-hydroxylation sites is 1. The molecular formula is C13H15NO4S. The minimum Gasteiger partial charge on any atom is -0.504 e. The van der Waals surface area contributed by atoms with Crippen molar-refractivity contribution in [3.05, 3.63) is 54.0 Å². The van der Waals surface area contributed by atoms with Crippen LogP contribution >= 0.6 is 12.0 Å². The van der Waals surface area contributed by atoms with Crippen LogP contribution in [0.1, 0.15) is 6.92 Å². The Bertz CT molecular complexity index is 471. The average molecular weight is 281 g/mol. The van der Waals surface area contributed by atoms with E-state index in [9.17, 15) is 9.90 Å². The lowest BCUT2D eigenvalue weighted by Gasteiger charge is -2.08. The zero-order valence-electron chi connectivity index (χ0n) is 10.6. The number of rotatable bonds is 6. The Morgan fingerprint density at radius 2 is 2.05 bits per heavy atom. The van der Waals surface area contributed by atoms with E-state index in [2.05, 4.69) is 9.65 Å². The highest BCUT2D eigenvalue weighted by molar-refractivity contribution is 7.93. The van der Waals surface area contributed by atoms with E-state index in [1.54, 1.807) is 43.5 Å². The van der Waals surface area contributed by atoms with Gasteiger partial charge >= 0.3 is 0 Å². The summed E-state index contributed by atoms with van der Waals surface area (Å²) >= 11 is 0.918. The Balaban J connectivity index is 2.86. The Hall–Kier alpha value is -1.92. The third-order valence-electron chi connectivity index (χ3n) is 1.98. The molecule has 0 aliphatic heterocycles. The molecule has 1 aromatic rings. The third kappa shape index (κ3) is 5.07. The number of benzene rings is 1. The fourth-order valence-corrected chi connectivity index (χ4v) is 1.34. The molecule has 0 aliphatic rings. The van der Waals surface area contributed by atoms with Crippen molar-refractivity contribution in [2.45, 2.75) is 6.92 Å². The first-order valence-electron chi connectivity index (χ1n) is 5.48. The molecule has 0 aliphatic carbocycles. The van der Waals surface area contributed by atoms with E-state index in [-0.39, 0.29) is 11.5 Å². The molecule has 1 amide bonds. The van der Waals surface area contributed by atoms with E-state index in [0.717, 1.165) is 12.0 Å². The molecule has 2 N–H and O–H groups in total. The smallest absolute Gasteiger partial charge is 0.298 e. The normalized spacial score (nSPS) is 12.1. The van der Waals surface area contributed by atoms with E-state index in [0.29, 0.717) is 5.69 Å². The van der Waals surface area contributed by atoms with Crippen LogP contribution in [0.15, 0.2) is 54.0 Å². The topological polar surface area (TPSA) is 67.8 Å². The van der Waals surface area contributed by atoms with Crippen molar-refractivity contribution in [3.8, 4) is 0 Å². The van der Waals surface area contributed by atoms with Crippen LogP contribution in [-0.2, 0) is 14.0 Å². The van der Waals surface area contributed by atoms with Crippen LogP contribution in [0, 0.1) is 0 Å². The summed E-state index contributed by atoms with van der Waals surface area (Å²) in [7, 11) is 0. The summed E-state index contributed by atoms with van der Waals surface area (Å²) in [5, 5.41) is 12.3. The quantitative estimate of drug-likeness (QED) is 0.209. The number of aliphatic hydroxyl groups excluding tert-OH is 1. The lowest BCUT2D eigenvalue weighted by molar-refractivity contribution is -0.161.